The molecule has 2 aromatic rings. The Kier molecular flexibility index (Phi) is 4.35. The number of aryl methyl sites for hydroxylation is 2. The Morgan fingerprint density at radius 3 is 2.79 bits per heavy atom. The molecule has 1 aromatic carbocycles. The quantitative estimate of drug-likeness (QED) is 0.801. The van der Waals surface area contributed by atoms with Gasteiger partial charge in [-0.2, -0.15) is 5.10 Å². The Morgan fingerprint density at radius 1 is 1.33 bits per heavy atom. The Bertz CT molecular complexity index is 783. The van der Waals surface area contributed by atoms with E-state index in [0.29, 0.717) is 17.8 Å². The minimum Gasteiger partial charge on any atom is -0.322 e. The topological polar surface area (TPSA) is 88.0 Å². The van der Waals surface area contributed by atoms with E-state index in [1.165, 1.54) is 0 Å². The van der Waals surface area contributed by atoms with Crippen molar-refractivity contribution in [2.45, 2.75) is 39.5 Å². The van der Waals surface area contributed by atoms with Gasteiger partial charge in [0.15, 0.2) is 6.29 Å². The predicted octanol–water partition coefficient (Wildman–Crippen LogP) is 1.71. The molecule has 0 saturated carbocycles. The molecule has 0 radical (unpaired) electrons. The molecule has 1 aliphatic rings. The van der Waals surface area contributed by atoms with Gasteiger partial charge in [0.1, 0.15) is 5.82 Å². The molecular weight excluding hydrogens is 306 g/mol. The number of carbonyl (C=O) groups is 2. The van der Waals surface area contributed by atoms with Gasteiger partial charge >= 0.3 is 0 Å². The Hall–Kier alpha value is -2.67. The standard InChI is InChI=1S/C17H21N5O2/c1-10-6-4-5-7-13(10)16(24)19-14-8-12(3)21-22(14)17-18-11(2)9-15(23)20-17/h4-8,11,17-18H,9H2,1-3H3,(H,19,24)(H,20,23). The van der Waals surface area contributed by atoms with Crippen LogP contribution in [0.5, 0.6) is 0 Å². The summed E-state index contributed by atoms with van der Waals surface area (Å²) in [6.07, 6.45) is -0.0658. The van der Waals surface area contributed by atoms with Gasteiger partial charge in [0, 0.05) is 24.1 Å². The summed E-state index contributed by atoms with van der Waals surface area (Å²) in [4.78, 5) is 24.3. The van der Waals surface area contributed by atoms with Gasteiger partial charge in [-0.05, 0) is 32.4 Å². The second-order valence-electron chi connectivity index (χ2n) is 6.13. The van der Waals surface area contributed by atoms with E-state index in [2.05, 4.69) is 21.0 Å². The van der Waals surface area contributed by atoms with Crippen LogP contribution in [0.3, 0.4) is 0 Å². The molecule has 0 spiro atoms. The van der Waals surface area contributed by atoms with Crippen LogP contribution in [0.2, 0.25) is 0 Å². The van der Waals surface area contributed by atoms with E-state index in [-0.39, 0.29) is 17.9 Å². The van der Waals surface area contributed by atoms with Crippen LogP contribution in [0.4, 0.5) is 5.82 Å². The summed E-state index contributed by atoms with van der Waals surface area (Å²) in [7, 11) is 0. The second-order valence-corrected chi connectivity index (χ2v) is 6.13. The van der Waals surface area contributed by atoms with Crippen LogP contribution >= 0.6 is 0 Å². The minimum absolute atomic E-state index is 0.0353. The first-order chi connectivity index (χ1) is 11.4. The van der Waals surface area contributed by atoms with E-state index in [1.54, 1.807) is 16.8 Å². The van der Waals surface area contributed by atoms with Crippen molar-refractivity contribution in [3.63, 3.8) is 0 Å². The number of carbonyl (C=O) groups excluding carboxylic acids is 2. The van der Waals surface area contributed by atoms with Crippen molar-refractivity contribution < 1.29 is 9.59 Å². The molecule has 24 heavy (non-hydrogen) atoms. The number of amides is 2. The molecule has 7 heteroatoms. The lowest BCUT2D eigenvalue weighted by Gasteiger charge is -2.30. The van der Waals surface area contributed by atoms with E-state index < -0.39 is 6.29 Å². The lowest BCUT2D eigenvalue weighted by atomic mass is 10.1. The van der Waals surface area contributed by atoms with Crippen molar-refractivity contribution in [3.05, 3.63) is 47.2 Å². The summed E-state index contributed by atoms with van der Waals surface area (Å²) in [5.41, 5.74) is 2.26. The van der Waals surface area contributed by atoms with Crippen molar-refractivity contribution in [2.24, 2.45) is 0 Å². The predicted molar refractivity (Wildman–Crippen MR) is 90.5 cm³/mol. The van der Waals surface area contributed by atoms with Gasteiger partial charge in [0.25, 0.3) is 5.91 Å². The van der Waals surface area contributed by atoms with Gasteiger partial charge in [0.05, 0.1) is 5.69 Å². The first-order valence-electron chi connectivity index (χ1n) is 7.92. The highest BCUT2D eigenvalue weighted by atomic mass is 16.2. The highest BCUT2D eigenvalue weighted by Gasteiger charge is 2.26. The SMILES string of the molecule is Cc1cc(NC(=O)c2ccccc2C)n(C2NC(=O)CC(C)N2)n1. The van der Waals surface area contributed by atoms with Crippen LogP contribution in [-0.2, 0) is 4.79 Å². The lowest BCUT2D eigenvalue weighted by Crippen LogP contribution is -2.52. The summed E-state index contributed by atoms with van der Waals surface area (Å²) in [5, 5.41) is 13.4. The maximum Gasteiger partial charge on any atom is 0.257 e. The van der Waals surface area contributed by atoms with Gasteiger partial charge in [-0.15, -0.1) is 0 Å². The third kappa shape index (κ3) is 3.30. The van der Waals surface area contributed by atoms with E-state index in [9.17, 15) is 9.59 Å². The lowest BCUT2D eigenvalue weighted by molar-refractivity contribution is -0.125. The fourth-order valence-corrected chi connectivity index (χ4v) is 2.81. The van der Waals surface area contributed by atoms with Crippen molar-refractivity contribution in [3.8, 4) is 0 Å². The zero-order valence-corrected chi connectivity index (χ0v) is 14.0. The molecule has 0 aliphatic carbocycles. The summed E-state index contributed by atoms with van der Waals surface area (Å²) in [6, 6.07) is 9.21. The smallest absolute Gasteiger partial charge is 0.257 e. The fourth-order valence-electron chi connectivity index (χ4n) is 2.81. The van der Waals surface area contributed by atoms with Crippen molar-refractivity contribution in [2.75, 3.05) is 5.32 Å². The molecule has 3 rings (SSSR count). The molecule has 3 N–H and O–H groups in total. The first-order valence-corrected chi connectivity index (χ1v) is 7.92. The van der Waals surface area contributed by atoms with Gasteiger partial charge in [-0.3, -0.25) is 14.9 Å². The molecule has 0 bridgehead atoms. The molecule has 2 atom stereocenters. The Labute approximate surface area is 140 Å². The van der Waals surface area contributed by atoms with Crippen LogP contribution in [0.25, 0.3) is 0 Å². The molecule has 1 fully saturated rings. The normalized spacial score (nSPS) is 20.5. The summed E-state index contributed by atoms with van der Waals surface area (Å²) < 4.78 is 1.60. The van der Waals surface area contributed by atoms with Crippen LogP contribution in [0.1, 0.15) is 41.2 Å². The summed E-state index contributed by atoms with van der Waals surface area (Å²) >= 11 is 0. The highest BCUT2D eigenvalue weighted by molar-refractivity contribution is 6.04. The molecule has 2 unspecified atom stereocenters. The molecular formula is C17H21N5O2. The molecule has 1 aliphatic heterocycles. The number of nitrogens with zero attached hydrogens (tertiary/aromatic N) is 2. The zero-order valence-electron chi connectivity index (χ0n) is 14.0. The van der Waals surface area contributed by atoms with Crippen LogP contribution in [-0.4, -0.2) is 27.6 Å². The molecule has 1 aromatic heterocycles. The maximum atomic E-state index is 12.5. The zero-order chi connectivity index (χ0) is 17.3. The average molecular weight is 327 g/mol. The number of aromatic nitrogens is 2. The molecule has 2 amide bonds. The Balaban J connectivity index is 1.86. The maximum absolute atomic E-state index is 12.5. The second kappa shape index (κ2) is 6.45. The third-order valence-corrected chi connectivity index (χ3v) is 3.97. The number of hydrogen-bond acceptors (Lipinski definition) is 4. The van der Waals surface area contributed by atoms with E-state index >= 15 is 0 Å². The van der Waals surface area contributed by atoms with Crippen molar-refractivity contribution in [1.29, 1.82) is 0 Å². The molecule has 1 saturated heterocycles. The van der Waals surface area contributed by atoms with E-state index in [0.717, 1.165) is 11.3 Å². The number of benzene rings is 1. The first kappa shape index (κ1) is 16.2. The minimum atomic E-state index is -0.484. The van der Waals surface area contributed by atoms with Crippen LogP contribution in [0.15, 0.2) is 30.3 Å². The largest absolute Gasteiger partial charge is 0.322 e. The van der Waals surface area contributed by atoms with Crippen LogP contribution < -0.4 is 16.0 Å². The number of anilines is 1. The van der Waals surface area contributed by atoms with Gasteiger partial charge < -0.3 is 10.6 Å². The number of rotatable bonds is 3. The van der Waals surface area contributed by atoms with Crippen molar-refractivity contribution in [1.82, 2.24) is 20.4 Å². The van der Waals surface area contributed by atoms with E-state index in [1.807, 2.05) is 39.0 Å². The van der Waals surface area contributed by atoms with Gasteiger partial charge in [-0.1, -0.05) is 18.2 Å². The van der Waals surface area contributed by atoms with Gasteiger partial charge in [0.2, 0.25) is 5.91 Å². The van der Waals surface area contributed by atoms with Gasteiger partial charge in [-0.25, -0.2) is 4.68 Å². The van der Waals surface area contributed by atoms with Crippen LogP contribution in [0, 0.1) is 13.8 Å². The van der Waals surface area contributed by atoms with E-state index in [4.69, 9.17) is 0 Å². The monoisotopic (exact) mass is 327 g/mol. The number of hydrogen-bond donors (Lipinski definition) is 3. The Morgan fingerprint density at radius 2 is 2.08 bits per heavy atom. The molecule has 7 nitrogen and oxygen atoms in total. The fraction of sp³-hybridized carbons (Fsp3) is 0.353. The average Bonchev–Trinajstić information content (AvgIpc) is 2.87. The highest BCUT2D eigenvalue weighted by Crippen LogP contribution is 2.18. The molecule has 126 valence electrons. The number of nitrogens with one attached hydrogen (secondary N) is 3. The summed E-state index contributed by atoms with van der Waals surface area (Å²) in [5.74, 6) is 0.285. The van der Waals surface area contributed by atoms with Crippen molar-refractivity contribution >= 4 is 17.6 Å². The summed E-state index contributed by atoms with van der Waals surface area (Å²) in [6.45, 7) is 5.67. The molecule has 2 heterocycles. The third-order valence-electron chi connectivity index (χ3n) is 3.97.